The summed E-state index contributed by atoms with van der Waals surface area (Å²) in [7, 11) is 0. The molecule has 0 aromatic rings. The van der Waals surface area contributed by atoms with Gasteiger partial charge in [-0.3, -0.25) is 4.79 Å². The van der Waals surface area contributed by atoms with Crippen LogP contribution in [0.25, 0.3) is 0 Å². The summed E-state index contributed by atoms with van der Waals surface area (Å²) >= 11 is 0. The fourth-order valence-electron chi connectivity index (χ4n) is 2.62. The molecule has 0 N–H and O–H groups in total. The van der Waals surface area contributed by atoms with Gasteiger partial charge in [0.25, 0.3) is 0 Å². The fourth-order valence-corrected chi connectivity index (χ4v) is 2.62. The highest BCUT2D eigenvalue weighted by Crippen LogP contribution is 2.40. The summed E-state index contributed by atoms with van der Waals surface area (Å²) in [5.74, 6) is -0.240. The number of rotatable bonds is 1. The van der Waals surface area contributed by atoms with Gasteiger partial charge in [0, 0.05) is 12.8 Å². The molecule has 0 bridgehead atoms. The second kappa shape index (κ2) is 4.82. The minimum Gasteiger partial charge on any atom is -0.462 e. The molecule has 18 heavy (non-hydrogen) atoms. The van der Waals surface area contributed by atoms with E-state index >= 15 is 0 Å². The van der Waals surface area contributed by atoms with E-state index in [0.717, 1.165) is 19.3 Å². The van der Waals surface area contributed by atoms with E-state index in [0.29, 0.717) is 13.2 Å². The lowest BCUT2D eigenvalue weighted by molar-refractivity contribution is -0.209. The maximum Gasteiger partial charge on any atom is 0.311 e. The molecule has 1 saturated heterocycles. The first-order valence-corrected chi connectivity index (χ1v) is 6.81. The van der Waals surface area contributed by atoms with Crippen LogP contribution in [0.5, 0.6) is 0 Å². The van der Waals surface area contributed by atoms with E-state index in [9.17, 15) is 4.79 Å². The summed E-state index contributed by atoms with van der Waals surface area (Å²) in [4.78, 5) is 11.9. The van der Waals surface area contributed by atoms with Gasteiger partial charge >= 0.3 is 5.97 Å². The van der Waals surface area contributed by atoms with Gasteiger partial charge in [-0.2, -0.15) is 0 Å². The van der Waals surface area contributed by atoms with Gasteiger partial charge in [-0.05, 0) is 33.1 Å². The number of carbonyl (C=O) groups is 1. The van der Waals surface area contributed by atoms with Crippen LogP contribution in [0.4, 0.5) is 0 Å². The van der Waals surface area contributed by atoms with Crippen molar-refractivity contribution in [2.24, 2.45) is 11.3 Å². The summed E-state index contributed by atoms with van der Waals surface area (Å²) < 4.78 is 17.0. The van der Waals surface area contributed by atoms with Crippen LogP contribution in [0.1, 0.15) is 47.0 Å². The van der Waals surface area contributed by atoms with Crippen molar-refractivity contribution < 1.29 is 19.0 Å². The average molecular weight is 256 g/mol. The van der Waals surface area contributed by atoms with Gasteiger partial charge in [0.2, 0.25) is 0 Å². The Kier molecular flexibility index (Phi) is 3.70. The molecule has 2 rings (SSSR count). The van der Waals surface area contributed by atoms with Crippen molar-refractivity contribution in [3.63, 3.8) is 0 Å². The first-order chi connectivity index (χ1) is 8.32. The molecule has 1 aliphatic carbocycles. The van der Waals surface area contributed by atoms with E-state index in [1.54, 1.807) is 0 Å². The van der Waals surface area contributed by atoms with Crippen molar-refractivity contribution in [3.8, 4) is 0 Å². The van der Waals surface area contributed by atoms with E-state index < -0.39 is 11.2 Å². The maximum atomic E-state index is 11.9. The summed E-state index contributed by atoms with van der Waals surface area (Å²) in [5.41, 5.74) is -0.435. The number of carbonyl (C=O) groups excluding carboxylic acids is 1. The molecule has 1 saturated carbocycles. The van der Waals surface area contributed by atoms with Gasteiger partial charge in [0.15, 0.2) is 5.79 Å². The molecular weight excluding hydrogens is 232 g/mol. The minimum absolute atomic E-state index is 0.00449. The van der Waals surface area contributed by atoms with Crippen molar-refractivity contribution in [1.82, 2.24) is 0 Å². The molecule has 0 amide bonds. The minimum atomic E-state index is -0.435. The number of hydrogen-bond donors (Lipinski definition) is 0. The first kappa shape index (κ1) is 13.8. The topological polar surface area (TPSA) is 44.8 Å². The highest BCUT2D eigenvalue weighted by molar-refractivity contribution is 5.75. The van der Waals surface area contributed by atoms with Crippen LogP contribution in [0.3, 0.4) is 0 Å². The Morgan fingerprint density at radius 2 is 1.89 bits per heavy atom. The second-order valence-corrected chi connectivity index (χ2v) is 6.52. The Bertz CT molecular complexity index is 312. The quantitative estimate of drug-likeness (QED) is 0.676. The zero-order chi connectivity index (χ0) is 13.4. The molecule has 1 heterocycles. The van der Waals surface area contributed by atoms with Gasteiger partial charge in [-0.15, -0.1) is 0 Å². The third kappa shape index (κ3) is 2.86. The Morgan fingerprint density at radius 3 is 2.39 bits per heavy atom. The Morgan fingerprint density at radius 1 is 1.28 bits per heavy atom. The molecule has 1 aliphatic heterocycles. The molecule has 4 nitrogen and oxygen atoms in total. The predicted octanol–water partition coefficient (Wildman–Crippen LogP) is 2.51. The normalized spacial score (nSPS) is 31.6. The summed E-state index contributed by atoms with van der Waals surface area (Å²) in [6.45, 7) is 9.11. The SMILES string of the molecule is C[C@@H]1CC2(CC[C@H]1OC(=O)C(C)(C)C)OCCO2. The van der Waals surface area contributed by atoms with Crippen LogP contribution >= 0.6 is 0 Å². The summed E-state index contributed by atoms with van der Waals surface area (Å²) in [6.07, 6.45) is 2.45. The molecule has 0 unspecified atom stereocenters. The van der Waals surface area contributed by atoms with Crippen LogP contribution in [0.15, 0.2) is 0 Å². The van der Waals surface area contributed by atoms with Crippen LogP contribution in [0, 0.1) is 11.3 Å². The maximum absolute atomic E-state index is 11.9. The second-order valence-electron chi connectivity index (χ2n) is 6.52. The molecule has 0 aromatic heterocycles. The zero-order valence-corrected chi connectivity index (χ0v) is 11.8. The number of hydrogen-bond acceptors (Lipinski definition) is 4. The Hall–Kier alpha value is -0.610. The third-order valence-electron chi connectivity index (χ3n) is 3.76. The van der Waals surface area contributed by atoms with Crippen molar-refractivity contribution in [2.45, 2.75) is 58.8 Å². The van der Waals surface area contributed by atoms with Gasteiger partial charge < -0.3 is 14.2 Å². The van der Waals surface area contributed by atoms with Crippen LogP contribution in [-0.4, -0.2) is 31.1 Å². The lowest BCUT2D eigenvalue weighted by Gasteiger charge is -2.39. The monoisotopic (exact) mass is 256 g/mol. The summed E-state index contributed by atoms with van der Waals surface area (Å²) in [5, 5.41) is 0. The van der Waals surface area contributed by atoms with Crippen molar-refractivity contribution >= 4 is 5.97 Å². The molecule has 104 valence electrons. The largest absolute Gasteiger partial charge is 0.462 e. The molecule has 4 heteroatoms. The zero-order valence-electron chi connectivity index (χ0n) is 11.8. The highest BCUT2D eigenvalue weighted by atomic mass is 16.7. The van der Waals surface area contributed by atoms with Crippen molar-refractivity contribution in [2.75, 3.05) is 13.2 Å². The molecular formula is C14H24O4. The molecule has 0 aromatic carbocycles. The molecule has 2 atom stereocenters. The van der Waals surface area contributed by atoms with Gasteiger partial charge in [0.1, 0.15) is 6.10 Å². The Balaban J connectivity index is 1.92. The Labute approximate surface area is 109 Å². The molecule has 2 fully saturated rings. The predicted molar refractivity (Wildman–Crippen MR) is 67.0 cm³/mol. The molecule has 0 radical (unpaired) electrons. The molecule has 1 spiro atoms. The smallest absolute Gasteiger partial charge is 0.311 e. The first-order valence-electron chi connectivity index (χ1n) is 6.81. The van der Waals surface area contributed by atoms with E-state index in [2.05, 4.69) is 6.92 Å². The number of esters is 1. The van der Waals surface area contributed by atoms with Crippen molar-refractivity contribution in [1.29, 1.82) is 0 Å². The van der Waals surface area contributed by atoms with E-state index in [1.807, 2.05) is 20.8 Å². The third-order valence-corrected chi connectivity index (χ3v) is 3.76. The lowest BCUT2D eigenvalue weighted by Crippen LogP contribution is -2.44. The fraction of sp³-hybridized carbons (Fsp3) is 0.929. The van der Waals surface area contributed by atoms with E-state index in [1.165, 1.54) is 0 Å². The van der Waals surface area contributed by atoms with Crippen LogP contribution in [0.2, 0.25) is 0 Å². The van der Waals surface area contributed by atoms with Gasteiger partial charge in [-0.1, -0.05) is 6.92 Å². The highest BCUT2D eigenvalue weighted by Gasteiger charge is 2.45. The van der Waals surface area contributed by atoms with E-state index in [4.69, 9.17) is 14.2 Å². The van der Waals surface area contributed by atoms with Gasteiger partial charge in [0.05, 0.1) is 18.6 Å². The average Bonchev–Trinajstić information content (AvgIpc) is 2.69. The van der Waals surface area contributed by atoms with E-state index in [-0.39, 0.29) is 18.0 Å². The lowest BCUT2D eigenvalue weighted by atomic mass is 9.83. The molecule has 2 aliphatic rings. The van der Waals surface area contributed by atoms with Crippen LogP contribution < -0.4 is 0 Å². The van der Waals surface area contributed by atoms with Gasteiger partial charge in [-0.25, -0.2) is 0 Å². The summed E-state index contributed by atoms with van der Waals surface area (Å²) in [6, 6.07) is 0. The van der Waals surface area contributed by atoms with Crippen LogP contribution in [-0.2, 0) is 19.0 Å². The standard InChI is InChI=1S/C14H24O4/c1-10-9-14(16-7-8-17-14)6-5-11(10)18-12(15)13(2,3)4/h10-11H,5-9H2,1-4H3/t10-,11-/m1/s1. The number of ether oxygens (including phenoxy) is 3. The van der Waals surface area contributed by atoms with Crippen molar-refractivity contribution in [3.05, 3.63) is 0 Å².